The summed E-state index contributed by atoms with van der Waals surface area (Å²) >= 11 is 0. The maximum Gasteiger partial charge on any atom is 0.256 e. The fraction of sp³-hybridized carbons (Fsp3) is 0.300. The molecular formula is C20H22N2O2. The van der Waals surface area contributed by atoms with Gasteiger partial charge in [0.15, 0.2) is 0 Å². The second kappa shape index (κ2) is 6.11. The lowest BCUT2D eigenvalue weighted by molar-refractivity contribution is -0.121. The second-order valence-corrected chi connectivity index (χ2v) is 6.53. The molecule has 2 aromatic rings. The Labute approximate surface area is 142 Å². The molecule has 0 bridgehead atoms. The minimum absolute atomic E-state index is 0.153. The van der Waals surface area contributed by atoms with Gasteiger partial charge >= 0.3 is 0 Å². The van der Waals surface area contributed by atoms with Crippen LogP contribution in [0.4, 0.5) is 11.4 Å². The number of anilines is 2. The van der Waals surface area contributed by atoms with E-state index in [-0.39, 0.29) is 18.2 Å². The highest BCUT2D eigenvalue weighted by Crippen LogP contribution is 2.31. The highest BCUT2D eigenvalue weighted by atomic mass is 16.2. The highest BCUT2D eigenvalue weighted by Gasteiger charge is 2.40. The smallest absolute Gasteiger partial charge is 0.256 e. The van der Waals surface area contributed by atoms with Gasteiger partial charge in [-0.15, -0.1) is 0 Å². The van der Waals surface area contributed by atoms with Gasteiger partial charge in [0.1, 0.15) is 6.04 Å². The Hall–Kier alpha value is -2.62. The molecule has 1 fully saturated rings. The summed E-state index contributed by atoms with van der Waals surface area (Å²) in [6.45, 7) is 7.85. The van der Waals surface area contributed by atoms with Crippen LogP contribution in [0.25, 0.3) is 0 Å². The van der Waals surface area contributed by atoms with Crippen molar-refractivity contribution in [2.75, 3.05) is 10.2 Å². The van der Waals surface area contributed by atoms with E-state index in [2.05, 4.69) is 5.32 Å². The lowest BCUT2D eigenvalue weighted by Gasteiger charge is -2.20. The molecule has 1 atom stereocenters. The Morgan fingerprint density at radius 3 is 2.29 bits per heavy atom. The molecule has 0 saturated carbocycles. The lowest BCUT2D eigenvalue weighted by atomic mass is 10.1. The zero-order chi connectivity index (χ0) is 17.4. The first-order chi connectivity index (χ1) is 11.4. The minimum atomic E-state index is -0.517. The third-order valence-electron chi connectivity index (χ3n) is 4.53. The molecule has 4 heteroatoms. The molecule has 1 aliphatic rings. The van der Waals surface area contributed by atoms with Gasteiger partial charge in [0.25, 0.3) is 5.91 Å². The van der Waals surface area contributed by atoms with Crippen LogP contribution in [-0.2, 0) is 9.59 Å². The van der Waals surface area contributed by atoms with E-state index in [1.54, 1.807) is 0 Å². The number of rotatable bonds is 3. The third kappa shape index (κ3) is 2.80. The predicted octanol–water partition coefficient (Wildman–Crippen LogP) is 3.66. The molecule has 0 spiro atoms. The van der Waals surface area contributed by atoms with Crippen molar-refractivity contribution in [2.45, 2.75) is 40.2 Å². The van der Waals surface area contributed by atoms with Crippen molar-refractivity contribution in [3.8, 4) is 0 Å². The molecule has 0 aliphatic carbocycles. The van der Waals surface area contributed by atoms with E-state index >= 15 is 0 Å². The van der Waals surface area contributed by atoms with Crippen molar-refractivity contribution in [2.24, 2.45) is 0 Å². The molecule has 24 heavy (non-hydrogen) atoms. The van der Waals surface area contributed by atoms with Crippen LogP contribution in [-0.4, -0.2) is 17.9 Å². The first-order valence-corrected chi connectivity index (χ1v) is 8.15. The lowest BCUT2D eigenvalue weighted by Crippen LogP contribution is -2.35. The van der Waals surface area contributed by atoms with Crippen molar-refractivity contribution in [1.82, 2.24) is 0 Å². The molecule has 1 N–H and O–H groups in total. The zero-order valence-corrected chi connectivity index (χ0v) is 14.5. The van der Waals surface area contributed by atoms with Crippen LogP contribution in [0.15, 0.2) is 36.4 Å². The largest absolute Gasteiger partial charge is 0.373 e. The van der Waals surface area contributed by atoms with Gasteiger partial charge < -0.3 is 5.32 Å². The van der Waals surface area contributed by atoms with Crippen LogP contribution in [0.1, 0.15) is 28.7 Å². The van der Waals surface area contributed by atoms with Gasteiger partial charge in [-0.1, -0.05) is 30.3 Å². The summed E-state index contributed by atoms with van der Waals surface area (Å²) in [7, 11) is 0. The topological polar surface area (TPSA) is 49.4 Å². The number of carbonyl (C=O) groups excluding carboxylic acids is 2. The Bertz CT molecular complexity index is 806. The number of benzene rings is 2. The molecule has 0 radical (unpaired) electrons. The fourth-order valence-corrected chi connectivity index (χ4v) is 3.22. The van der Waals surface area contributed by atoms with Crippen LogP contribution >= 0.6 is 0 Å². The van der Waals surface area contributed by atoms with Gasteiger partial charge in [-0.25, -0.2) is 4.90 Å². The number of nitrogens with one attached hydrogen (secondary N) is 1. The molecule has 2 aromatic carbocycles. The summed E-state index contributed by atoms with van der Waals surface area (Å²) in [6, 6.07) is 11.3. The van der Waals surface area contributed by atoms with Gasteiger partial charge in [-0.05, 0) is 56.0 Å². The standard InChI is InChI=1S/C20H22N2O2/c1-12-8-9-13(2)16(10-12)21-17-11-18(23)22(20(17)24)19-14(3)6-5-7-15(19)4/h5-10,17,21H,11H2,1-4H3. The van der Waals surface area contributed by atoms with Gasteiger partial charge in [0, 0.05) is 5.69 Å². The summed E-state index contributed by atoms with van der Waals surface area (Å²) < 4.78 is 0. The van der Waals surface area contributed by atoms with Crippen LogP contribution < -0.4 is 10.2 Å². The summed E-state index contributed by atoms with van der Waals surface area (Å²) in [5, 5.41) is 3.26. The molecule has 1 heterocycles. The molecule has 3 rings (SSSR count). The van der Waals surface area contributed by atoms with Gasteiger partial charge in [-0.3, -0.25) is 9.59 Å². The van der Waals surface area contributed by atoms with Crippen LogP contribution in [0.2, 0.25) is 0 Å². The van der Waals surface area contributed by atoms with E-state index in [0.29, 0.717) is 0 Å². The van der Waals surface area contributed by atoms with E-state index in [4.69, 9.17) is 0 Å². The SMILES string of the molecule is Cc1ccc(C)c(NC2CC(=O)N(c3c(C)cccc3C)C2=O)c1. The molecule has 4 nitrogen and oxygen atoms in total. The Balaban J connectivity index is 1.91. The van der Waals surface area contributed by atoms with Gasteiger partial charge in [0.2, 0.25) is 5.91 Å². The molecule has 1 saturated heterocycles. The average molecular weight is 322 g/mol. The monoisotopic (exact) mass is 322 g/mol. The highest BCUT2D eigenvalue weighted by molar-refractivity contribution is 6.23. The molecule has 2 amide bonds. The third-order valence-corrected chi connectivity index (χ3v) is 4.53. The van der Waals surface area contributed by atoms with E-state index < -0.39 is 6.04 Å². The number of hydrogen-bond acceptors (Lipinski definition) is 3. The number of para-hydroxylation sites is 1. The van der Waals surface area contributed by atoms with E-state index in [1.165, 1.54) is 4.90 Å². The quantitative estimate of drug-likeness (QED) is 0.877. The zero-order valence-electron chi connectivity index (χ0n) is 14.5. The van der Waals surface area contributed by atoms with Crippen molar-refractivity contribution in [3.05, 3.63) is 58.7 Å². The number of aryl methyl sites for hydroxylation is 4. The molecule has 1 unspecified atom stereocenters. The minimum Gasteiger partial charge on any atom is -0.373 e. The summed E-state index contributed by atoms with van der Waals surface area (Å²) in [5.74, 6) is -0.335. The maximum absolute atomic E-state index is 12.9. The van der Waals surface area contributed by atoms with Crippen LogP contribution in [0.5, 0.6) is 0 Å². The summed E-state index contributed by atoms with van der Waals surface area (Å²) in [6.07, 6.45) is 0.181. The van der Waals surface area contributed by atoms with Gasteiger partial charge in [-0.2, -0.15) is 0 Å². The molecular weight excluding hydrogens is 300 g/mol. The predicted molar refractivity (Wildman–Crippen MR) is 96.4 cm³/mol. The van der Waals surface area contributed by atoms with Crippen molar-refractivity contribution in [3.63, 3.8) is 0 Å². The average Bonchev–Trinajstić information content (AvgIpc) is 2.78. The normalized spacial score (nSPS) is 17.5. The Morgan fingerprint density at radius 1 is 0.958 bits per heavy atom. The summed E-state index contributed by atoms with van der Waals surface area (Å²) in [4.78, 5) is 26.7. The molecule has 1 aliphatic heterocycles. The maximum atomic E-state index is 12.9. The van der Waals surface area contributed by atoms with Crippen molar-refractivity contribution in [1.29, 1.82) is 0 Å². The van der Waals surface area contributed by atoms with E-state index in [1.807, 2.05) is 64.1 Å². The Kier molecular flexibility index (Phi) is 4.14. The van der Waals surface area contributed by atoms with Gasteiger partial charge in [0.05, 0.1) is 12.1 Å². The van der Waals surface area contributed by atoms with Crippen LogP contribution in [0, 0.1) is 27.7 Å². The fourth-order valence-electron chi connectivity index (χ4n) is 3.22. The number of nitrogens with zero attached hydrogens (tertiary/aromatic N) is 1. The summed E-state index contributed by atoms with van der Waals surface area (Å²) in [5.41, 5.74) is 5.67. The van der Waals surface area contributed by atoms with E-state index in [0.717, 1.165) is 33.6 Å². The number of carbonyl (C=O) groups is 2. The van der Waals surface area contributed by atoms with Crippen molar-refractivity contribution >= 4 is 23.2 Å². The van der Waals surface area contributed by atoms with Crippen molar-refractivity contribution < 1.29 is 9.59 Å². The second-order valence-electron chi connectivity index (χ2n) is 6.53. The number of amides is 2. The first kappa shape index (κ1) is 16.2. The first-order valence-electron chi connectivity index (χ1n) is 8.15. The molecule has 0 aromatic heterocycles. The molecule has 124 valence electrons. The van der Waals surface area contributed by atoms with E-state index in [9.17, 15) is 9.59 Å². The number of hydrogen-bond donors (Lipinski definition) is 1. The van der Waals surface area contributed by atoms with Crippen LogP contribution in [0.3, 0.4) is 0 Å². The Morgan fingerprint density at radius 2 is 1.62 bits per heavy atom. The number of imide groups is 1.